The number of fused-ring (bicyclic) bond motifs is 1. The quantitative estimate of drug-likeness (QED) is 0.231. The van der Waals surface area contributed by atoms with Gasteiger partial charge in [0, 0.05) is 19.3 Å². The van der Waals surface area contributed by atoms with Gasteiger partial charge in [0.05, 0.1) is 19.3 Å². The van der Waals surface area contributed by atoms with Gasteiger partial charge in [0.2, 0.25) is 0 Å². The van der Waals surface area contributed by atoms with Crippen LogP contribution < -0.4 is 10.4 Å². The van der Waals surface area contributed by atoms with Crippen LogP contribution in [0, 0.1) is 11.8 Å². The minimum Gasteiger partial charge on any atom is -0.447 e. The van der Waals surface area contributed by atoms with Crippen molar-refractivity contribution in [2.24, 2.45) is 11.8 Å². The zero-order valence-electron chi connectivity index (χ0n) is 24.0. The molecular weight excluding hydrogens is 545 g/mol. The van der Waals surface area contributed by atoms with E-state index in [0.717, 1.165) is 12.8 Å². The smallest absolute Gasteiger partial charge is 0.410 e. The Balaban J connectivity index is 1.60. The third-order valence-electron chi connectivity index (χ3n) is 8.08. The summed E-state index contributed by atoms with van der Waals surface area (Å²) in [5.41, 5.74) is 0. The van der Waals surface area contributed by atoms with E-state index in [2.05, 4.69) is 81.4 Å². The minimum absolute atomic E-state index is 0.0740. The number of nitrogens with zero attached hydrogens (tertiary/aromatic N) is 1. The summed E-state index contributed by atoms with van der Waals surface area (Å²) in [5, 5.41) is 2.50. The van der Waals surface area contributed by atoms with Crippen molar-refractivity contribution in [3.8, 4) is 0 Å². The molecule has 1 amide bonds. The highest BCUT2D eigenvalue weighted by Crippen LogP contribution is 2.52. The first-order chi connectivity index (χ1) is 18.6. The number of carbonyl (C=O) groups excluding carboxylic acids is 1. The van der Waals surface area contributed by atoms with Gasteiger partial charge in [0.15, 0.2) is 6.49 Å². The molecule has 0 radical (unpaired) electrons. The monoisotopic (exact) mass is 589 g/mol. The summed E-state index contributed by atoms with van der Waals surface area (Å²) in [5.74, 6) is 0.515. The van der Waals surface area contributed by atoms with E-state index in [9.17, 15) is 4.79 Å². The van der Waals surface area contributed by atoms with Crippen molar-refractivity contribution < 1.29 is 23.0 Å². The van der Waals surface area contributed by atoms with E-state index in [0.29, 0.717) is 45.1 Å². The summed E-state index contributed by atoms with van der Waals surface area (Å²) in [6, 6.07) is 21.6. The molecule has 0 bridgehead atoms. The molecule has 0 aromatic heterocycles. The third-order valence-corrected chi connectivity index (χ3v) is 16.4. The summed E-state index contributed by atoms with van der Waals surface area (Å²) in [6.07, 6.45) is 2.22. The molecule has 0 N–H and O–H groups in total. The Morgan fingerprint density at radius 3 is 2.05 bits per heavy atom. The van der Waals surface area contributed by atoms with E-state index in [1.165, 1.54) is 10.4 Å². The molecule has 39 heavy (non-hydrogen) atoms. The van der Waals surface area contributed by atoms with E-state index >= 15 is 0 Å². The molecule has 2 aromatic carbocycles. The zero-order valence-corrected chi connectivity index (χ0v) is 26.7. The molecule has 214 valence electrons. The number of hydrogen-bond acceptors (Lipinski definition) is 6. The van der Waals surface area contributed by atoms with Crippen LogP contribution in [0.15, 0.2) is 60.7 Å². The predicted octanol–water partition coefficient (Wildman–Crippen LogP) is 5.79. The summed E-state index contributed by atoms with van der Waals surface area (Å²) in [7, 11) is -2.62. The zero-order chi connectivity index (χ0) is 28.1. The Bertz CT molecular complexity index is 1080. The van der Waals surface area contributed by atoms with Crippen molar-refractivity contribution in [1.29, 1.82) is 0 Å². The number of amides is 1. The summed E-state index contributed by atoms with van der Waals surface area (Å²) in [6.45, 7) is 11.2. The molecular formula is C30H44NO5PSSi. The third kappa shape index (κ3) is 6.69. The molecule has 2 aromatic rings. The fourth-order valence-corrected chi connectivity index (χ4v) is 14.2. The van der Waals surface area contributed by atoms with E-state index in [-0.39, 0.29) is 23.1 Å². The van der Waals surface area contributed by atoms with Crippen molar-refractivity contribution in [3.05, 3.63) is 60.7 Å². The van der Waals surface area contributed by atoms with Crippen LogP contribution in [0.5, 0.6) is 0 Å². The van der Waals surface area contributed by atoms with Crippen molar-refractivity contribution in [1.82, 2.24) is 4.90 Å². The fraction of sp³-hybridized carbons (Fsp3) is 0.567. The topological polar surface area (TPSA) is 57.2 Å². The number of piperidine rings is 1. The number of hydrogen-bond donors (Lipinski definition) is 0. The second kappa shape index (κ2) is 13.0. The average molecular weight is 590 g/mol. The standard InChI is InChI=1S/C30H44NO5PSSi/c1-6-34-37(38,35-7-2)23-25-21-31-26(22-33-29(31)32)20-24(25)18-19-36-39(30(3,4)5,27-14-10-8-11-15-27)28-16-12-9-13-17-28/h8-17,24-26H,6-7,18-23H2,1-5H3/t24-,25+,26-/m0/s1. The molecule has 2 saturated heterocycles. The highest BCUT2D eigenvalue weighted by molar-refractivity contribution is 8.09. The SMILES string of the molecule is CCOP(=S)(C[C@H]1CN2C(=O)OC[C@@H]2C[C@@H]1CCO[Si](c1ccccc1)(c1ccccc1)C(C)(C)C)OCC. The molecule has 0 saturated carbocycles. The Morgan fingerprint density at radius 1 is 0.974 bits per heavy atom. The fourth-order valence-electron chi connectivity index (χ4n) is 6.36. The van der Waals surface area contributed by atoms with Gasteiger partial charge in [-0.3, -0.25) is 0 Å². The van der Waals surface area contributed by atoms with Crippen LogP contribution >= 0.6 is 6.49 Å². The maximum Gasteiger partial charge on any atom is 0.410 e. The van der Waals surface area contributed by atoms with Gasteiger partial charge >= 0.3 is 6.09 Å². The number of ether oxygens (including phenoxy) is 1. The minimum atomic E-state index is -2.62. The lowest BCUT2D eigenvalue weighted by molar-refractivity contribution is 0.102. The van der Waals surface area contributed by atoms with Gasteiger partial charge in [-0.15, -0.1) is 0 Å². The van der Waals surface area contributed by atoms with Crippen molar-refractivity contribution in [3.63, 3.8) is 0 Å². The highest BCUT2D eigenvalue weighted by atomic mass is 32.5. The lowest BCUT2D eigenvalue weighted by atomic mass is 9.81. The molecule has 9 heteroatoms. The van der Waals surface area contributed by atoms with Crippen molar-refractivity contribution in [2.75, 3.05) is 39.1 Å². The van der Waals surface area contributed by atoms with Crippen LogP contribution in [0.25, 0.3) is 0 Å². The molecule has 0 aliphatic carbocycles. The molecule has 3 atom stereocenters. The summed E-state index contributed by atoms with van der Waals surface area (Å²) >= 11 is 5.94. The lowest BCUT2D eigenvalue weighted by Gasteiger charge is -2.44. The van der Waals surface area contributed by atoms with Crippen LogP contribution in [0.3, 0.4) is 0 Å². The summed E-state index contributed by atoms with van der Waals surface area (Å²) in [4.78, 5) is 14.3. The summed E-state index contributed by atoms with van der Waals surface area (Å²) < 4.78 is 24.7. The maximum absolute atomic E-state index is 12.5. The van der Waals surface area contributed by atoms with Crippen molar-refractivity contribution >= 4 is 43.1 Å². The van der Waals surface area contributed by atoms with Gasteiger partial charge in [0.1, 0.15) is 6.61 Å². The molecule has 6 nitrogen and oxygen atoms in total. The molecule has 2 heterocycles. The number of cyclic esters (lactones) is 1. The predicted molar refractivity (Wildman–Crippen MR) is 164 cm³/mol. The normalized spacial score (nSPS) is 22.0. The van der Waals surface area contributed by atoms with Crippen LogP contribution in [-0.2, 0) is 30.0 Å². The van der Waals surface area contributed by atoms with Gasteiger partial charge in [0.25, 0.3) is 8.32 Å². The van der Waals surface area contributed by atoms with E-state index in [1.807, 2.05) is 18.7 Å². The first kappa shape index (κ1) is 30.4. The van der Waals surface area contributed by atoms with Crippen LogP contribution in [0.2, 0.25) is 5.04 Å². The average Bonchev–Trinajstić information content (AvgIpc) is 3.26. The number of carbonyl (C=O) groups is 1. The first-order valence-electron chi connectivity index (χ1n) is 14.2. The van der Waals surface area contributed by atoms with E-state index in [1.54, 1.807) is 0 Å². The number of rotatable bonds is 12. The maximum atomic E-state index is 12.5. The van der Waals surface area contributed by atoms with Crippen LogP contribution in [0.4, 0.5) is 4.79 Å². The second-order valence-corrected chi connectivity index (χ2v) is 19.6. The Kier molecular flexibility index (Phi) is 10.1. The van der Waals surface area contributed by atoms with Gasteiger partial charge in [-0.2, -0.15) is 0 Å². The number of benzene rings is 2. The second-order valence-electron chi connectivity index (χ2n) is 11.6. The van der Waals surface area contributed by atoms with Gasteiger partial charge < -0.3 is 23.1 Å². The van der Waals surface area contributed by atoms with Gasteiger partial charge in [-0.05, 0) is 65.7 Å². The molecule has 0 spiro atoms. The molecule has 2 fully saturated rings. The Morgan fingerprint density at radius 2 is 1.54 bits per heavy atom. The van der Waals surface area contributed by atoms with Gasteiger partial charge in [-0.25, -0.2) is 4.79 Å². The van der Waals surface area contributed by atoms with Crippen LogP contribution in [0.1, 0.15) is 47.5 Å². The lowest BCUT2D eigenvalue weighted by Crippen LogP contribution is -2.66. The van der Waals surface area contributed by atoms with Crippen LogP contribution in [-0.4, -0.2) is 64.5 Å². The first-order valence-corrected chi connectivity index (χ1v) is 18.9. The Labute approximate surface area is 240 Å². The van der Waals surface area contributed by atoms with E-state index in [4.69, 9.17) is 30.0 Å². The Hall–Kier alpha value is -1.54. The largest absolute Gasteiger partial charge is 0.447 e. The van der Waals surface area contributed by atoms with E-state index < -0.39 is 14.8 Å². The molecule has 2 aliphatic heterocycles. The van der Waals surface area contributed by atoms with Gasteiger partial charge in [-0.1, -0.05) is 81.4 Å². The highest BCUT2D eigenvalue weighted by Gasteiger charge is 2.50. The molecule has 4 rings (SSSR count). The van der Waals surface area contributed by atoms with Crippen molar-refractivity contribution in [2.45, 2.75) is 58.5 Å². The molecule has 2 aliphatic rings. The molecule has 0 unspecified atom stereocenters.